The average Bonchev–Trinajstić information content (AvgIpc) is 3.22. The highest BCUT2D eigenvalue weighted by molar-refractivity contribution is 7.98. The molecule has 1 amide bonds. The Kier molecular flexibility index (Phi) is 6.98. The van der Waals surface area contributed by atoms with Crippen LogP contribution in [0.5, 0.6) is 0 Å². The highest BCUT2D eigenvalue weighted by Crippen LogP contribution is 2.28. The molecule has 2 aromatic heterocycles. The molecule has 9 heteroatoms. The van der Waals surface area contributed by atoms with Gasteiger partial charge in [-0.2, -0.15) is 5.10 Å². The van der Waals surface area contributed by atoms with E-state index in [9.17, 15) is 4.79 Å². The first-order valence-electron chi connectivity index (χ1n) is 10.1. The van der Waals surface area contributed by atoms with Crippen molar-refractivity contribution in [1.82, 2.24) is 15.0 Å². The van der Waals surface area contributed by atoms with E-state index >= 15 is 0 Å². The van der Waals surface area contributed by atoms with Crippen molar-refractivity contribution in [3.05, 3.63) is 77.9 Å². The maximum atomic E-state index is 11.9. The smallest absolute Gasteiger partial charge is 0.412 e. The molecule has 3 N–H and O–H groups in total. The minimum absolute atomic E-state index is 0.267. The number of imidazole rings is 1. The van der Waals surface area contributed by atoms with Crippen LogP contribution in [0.1, 0.15) is 18.1 Å². The fourth-order valence-corrected chi connectivity index (χ4v) is 3.72. The van der Waals surface area contributed by atoms with E-state index in [0.717, 1.165) is 16.5 Å². The number of benzene rings is 2. The number of hydrogen-bond donors (Lipinski definition) is 3. The molecule has 0 aliphatic carbocycles. The van der Waals surface area contributed by atoms with Crippen molar-refractivity contribution in [2.24, 2.45) is 5.10 Å². The largest absolute Gasteiger partial charge is 0.450 e. The van der Waals surface area contributed by atoms with Crippen LogP contribution in [-0.2, 0) is 10.5 Å². The zero-order valence-electron chi connectivity index (χ0n) is 17.4. The first kappa shape index (κ1) is 21.4. The van der Waals surface area contributed by atoms with Gasteiger partial charge in [0, 0.05) is 11.8 Å². The summed E-state index contributed by atoms with van der Waals surface area (Å²) >= 11 is 1.57. The number of aromatic nitrogens is 3. The van der Waals surface area contributed by atoms with E-state index in [-0.39, 0.29) is 6.61 Å². The number of pyridine rings is 1. The molecule has 0 radical (unpaired) electrons. The summed E-state index contributed by atoms with van der Waals surface area (Å²) in [4.78, 5) is 24.2. The van der Waals surface area contributed by atoms with E-state index in [2.05, 4.69) is 42.9 Å². The van der Waals surface area contributed by atoms with Gasteiger partial charge in [-0.15, -0.1) is 0 Å². The lowest BCUT2D eigenvalue weighted by atomic mass is 10.2. The molecule has 4 rings (SSSR count). The highest BCUT2D eigenvalue weighted by atomic mass is 32.2. The van der Waals surface area contributed by atoms with E-state index in [0.29, 0.717) is 22.7 Å². The van der Waals surface area contributed by atoms with Crippen LogP contribution in [0.4, 0.5) is 16.3 Å². The Balaban J connectivity index is 1.59. The van der Waals surface area contributed by atoms with Gasteiger partial charge in [0.1, 0.15) is 11.3 Å². The summed E-state index contributed by atoms with van der Waals surface area (Å²) in [5.74, 6) is 1.09. The van der Waals surface area contributed by atoms with Gasteiger partial charge in [-0.1, -0.05) is 72.4 Å². The van der Waals surface area contributed by atoms with Gasteiger partial charge in [0.15, 0.2) is 10.8 Å². The minimum atomic E-state index is -0.577. The van der Waals surface area contributed by atoms with Crippen molar-refractivity contribution in [2.45, 2.75) is 17.8 Å². The van der Waals surface area contributed by atoms with E-state index in [4.69, 9.17) is 4.74 Å². The van der Waals surface area contributed by atoms with E-state index in [1.54, 1.807) is 31.0 Å². The van der Waals surface area contributed by atoms with Gasteiger partial charge in [0.2, 0.25) is 0 Å². The summed E-state index contributed by atoms with van der Waals surface area (Å²) in [7, 11) is 0. The molecular weight excluding hydrogens is 424 g/mol. The number of aromatic amines is 1. The van der Waals surface area contributed by atoms with Crippen molar-refractivity contribution in [1.29, 1.82) is 0 Å². The molecule has 2 aromatic carbocycles. The number of thioether (sulfide) groups is 1. The normalized spacial score (nSPS) is 11.0. The van der Waals surface area contributed by atoms with Gasteiger partial charge in [0.25, 0.3) is 0 Å². The summed E-state index contributed by atoms with van der Waals surface area (Å²) < 4.78 is 4.96. The summed E-state index contributed by atoms with van der Waals surface area (Å²) in [5.41, 5.74) is 6.97. The quantitative estimate of drug-likeness (QED) is 0.194. The Morgan fingerprint density at radius 1 is 1.12 bits per heavy atom. The number of amides is 1. The Bertz CT molecular complexity index is 1210. The molecule has 2 heterocycles. The fourth-order valence-electron chi connectivity index (χ4n) is 2.90. The Morgan fingerprint density at radius 2 is 1.88 bits per heavy atom. The topological polar surface area (TPSA) is 104 Å². The van der Waals surface area contributed by atoms with Crippen molar-refractivity contribution < 1.29 is 9.53 Å². The van der Waals surface area contributed by atoms with Gasteiger partial charge in [-0.3, -0.25) is 10.7 Å². The fraction of sp³-hybridized carbons (Fsp3) is 0.130. The highest BCUT2D eigenvalue weighted by Gasteiger charge is 2.13. The third-order valence-corrected chi connectivity index (χ3v) is 5.31. The first-order valence-corrected chi connectivity index (χ1v) is 11.0. The number of carbonyl (C=O) groups is 1. The Labute approximate surface area is 189 Å². The second-order valence-electron chi connectivity index (χ2n) is 6.70. The van der Waals surface area contributed by atoms with Crippen molar-refractivity contribution in [2.75, 3.05) is 17.3 Å². The molecule has 0 aliphatic rings. The number of nitrogens with one attached hydrogen (secondary N) is 3. The second kappa shape index (κ2) is 10.5. The number of fused-ring (bicyclic) bond motifs is 1. The maximum Gasteiger partial charge on any atom is 0.412 e. The van der Waals surface area contributed by atoms with Crippen LogP contribution < -0.4 is 10.7 Å². The van der Waals surface area contributed by atoms with Crippen LogP contribution in [0.3, 0.4) is 0 Å². The third kappa shape index (κ3) is 5.64. The molecule has 8 nitrogen and oxygen atoms in total. The SMILES string of the molecule is CCOC(=O)Nc1cc(N/N=C/c2ccccc2)c2[nH]c(SCc3ccccc3)nc2n1. The van der Waals surface area contributed by atoms with Crippen LogP contribution in [0.2, 0.25) is 0 Å². The molecule has 32 heavy (non-hydrogen) atoms. The molecule has 162 valence electrons. The number of ether oxygens (including phenoxy) is 1. The lowest BCUT2D eigenvalue weighted by molar-refractivity contribution is 0.168. The van der Waals surface area contributed by atoms with Crippen molar-refractivity contribution in [3.8, 4) is 0 Å². The number of hydrogen-bond acceptors (Lipinski definition) is 7. The standard InChI is InChI=1S/C23H22N6O2S/c1-2-31-23(30)26-19-13-18(29-24-14-16-9-5-3-6-10-16)20-21(25-19)28-22(27-20)32-15-17-11-7-4-8-12-17/h3-14H,2,15H2,1H3,(H3,25,26,27,28,29,30)/b24-14+. The van der Waals surface area contributed by atoms with Crippen LogP contribution in [0.15, 0.2) is 77.0 Å². The zero-order valence-corrected chi connectivity index (χ0v) is 18.2. The number of nitrogens with zero attached hydrogens (tertiary/aromatic N) is 3. The third-order valence-electron chi connectivity index (χ3n) is 4.36. The molecule has 0 atom stereocenters. The number of H-pyrrole nitrogens is 1. The van der Waals surface area contributed by atoms with Crippen LogP contribution in [-0.4, -0.2) is 33.9 Å². The molecule has 4 aromatic rings. The molecule has 0 spiro atoms. The molecule has 0 unspecified atom stereocenters. The maximum absolute atomic E-state index is 11.9. The number of carbonyl (C=O) groups excluding carboxylic acids is 1. The lowest BCUT2D eigenvalue weighted by Crippen LogP contribution is -2.14. The average molecular weight is 447 g/mol. The molecule has 0 fully saturated rings. The number of hydrazone groups is 1. The molecule has 0 saturated heterocycles. The molecular formula is C23H22N6O2S. The Morgan fingerprint density at radius 3 is 2.62 bits per heavy atom. The van der Waals surface area contributed by atoms with Crippen molar-refractivity contribution in [3.63, 3.8) is 0 Å². The van der Waals surface area contributed by atoms with Crippen molar-refractivity contribution >= 4 is 46.7 Å². The molecule has 0 aliphatic heterocycles. The van der Waals surface area contributed by atoms with E-state index < -0.39 is 6.09 Å². The predicted molar refractivity (Wildman–Crippen MR) is 128 cm³/mol. The van der Waals surface area contributed by atoms with Gasteiger partial charge in [-0.05, 0) is 18.1 Å². The minimum Gasteiger partial charge on any atom is -0.450 e. The van der Waals surface area contributed by atoms with Crippen LogP contribution in [0, 0.1) is 0 Å². The van der Waals surface area contributed by atoms with Gasteiger partial charge in [-0.25, -0.2) is 14.8 Å². The number of anilines is 2. The molecule has 0 bridgehead atoms. The zero-order chi connectivity index (χ0) is 22.2. The lowest BCUT2D eigenvalue weighted by Gasteiger charge is -2.07. The first-order chi connectivity index (χ1) is 15.7. The van der Waals surface area contributed by atoms with Gasteiger partial charge in [0.05, 0.1) is 18.5 Å². The Hall–Kier alpha value is -3.85. The van der Waals surface area contributed by atoms with Gasteiger partial charge < -0.3 is 9.72 Å². The van der Waals surface area contributed by atoms with Gasteiger partial charge >= 0.3 is 6.09 Å². The summed E-state index contributed by atoms with van der Waals surface area (Å²) in [5, 5.41) is 7.67. The second-order valence-corrected chi connectivity index (χ2v) is 7.66. The predicted octanol–water partition coefficient (Wildman–Crippen LogP) is 5.26. The summed E-state index contributed by atoms with van der Waals surface area (Å²) in [6, 6.07) is 21.6. The summed E-state index contributed by atoms with van der Waals surface area (Å²) in [6.07, 6.45) is 1.14. The monoisotopic (exact) mass is 446 g/mol. The van der Waals surface area contributed by atoms with E-state index in [1.165, 1.54) is 5.56 Å². The van der Waals surface area contributed by atoms with E-state index in [1.807, 2.05) is 48.5 Å². The van der Waals surface area contributed by atoms with Crippen LogP contribution in [0.25, 0.3) is 11.2 Å². The molecule has 0 saturated carbocycles. The van der Waals surface area contributed by atoms with Crippen LogP contribution >= 0.6 is 11.8 Å². The number of rotatable bonds is 8. The summed E-state index contributed by atoms with van der Waals surface area (Å²) in [6.45, 7) is 2.01.